The number of amides is 1. The van der Waals surface area contributed by atoms with Crippen molar-refractivity contribution in [3.05, 3.63) is 54.1 Å². The summed E-state index contributed by atoms with van der Waals surface area (Å²) in [4.78, 5) is 23.8. The van der Waals surface area contributed by atoms with Crippen molar-refractivity contribution in [1.82, 2.24) is 4.31 Å². The third-order valence-electron chi connectivity index (χ3n) is 4.20. The van der Waals surface area contributed by atoms with Crippen LogP contribution in [-0.2, 0) is 14.8 Å². The average Bonchev–Trinajstić information content (AvgIpc) is 3.17. The molecule has 0 saturated carbocycles. The Hall–Kier alpha value is -2.71. The topological polar surface area (TPSA) is 92.8 Å². The van der Waals surface area contributed by atoms with E-state index in [1.807, 2.05) is 0 Å². The summed E-state index contributed by atoms with van der Waals surface area (Å²) >= 11 is 0. The Kier molecular flexibility index (Phi) is 5.57. The summed E-state index contributed by atoms with van der Waals surface area (Å²) in [5, 5.41) is 2.68. The predicted molar refractivity (Wildman–Crippen MR) is 100 cm³/mol. The molecule has 0 bridgehead atoms. The molecule has 1 aliphatic heterocycles. The third kappa shape index (κ3) is 4.35. The second-order valence-electron chi connectivity index (χ2n) is 6.18. The van der Waals surface area contributed by atoms with E-state index in [9.17, 15) is 18.0 Å². The van der Waals surface area contributed by atoms with Gasteiger partial charge in [0, 0.05) is 25.7 Å². The van der Waals surface area contributed by atoms with Crippen LogP contribution in [-0.4, -0.2) is 37.7 Å². The van der Waals surface area contributed by atoms with E-state index in [-0.39, 0.29) is 16.2 Å². The van der Waals surface area contributed by atoms with Gasteiger partial charge < -0.3 is 10.1 Å². The Morgan fingerprint density at radius 3 is 2.26 bits per heavy atom. The van der Waals surface area contributed by atoms with E-state index in [1.54, 1.807) is 18.2 Å². The Bertz CT molecular complexity index is 948. The number of rotatable bonds is 5. The number of carbonyl (C=O) groups excluding carboxylic acids is 2. The molecule has 27 heavy (non-hydrogen) atoms. The average molecular weight is 388 g/mol. The molecule has 7 nitrogen and oxygen atoms in total. The zero-order chi connectivity index (χ0) is 19.4. The molecule has 2 aromatic rings. The van der Waals surface area contributed by atoms with E-state index < -0.39 is 21.9 Å². The highest BCUT2D eigenvalue weighted by Crippen LogP contribution is 2.23. The molecule has 0 aromatic heterocycles. The maximum atomic E-state index is 12.5. The highest BCUT2D eigenvalue weighted by atomic mass is 32.2. The van der Waals surface area contributed by atoms with Crippen molar-refractivity contribution in [3.63, 3.8) is 0 Å². The van der Waals surface area contributed by atoms with Crippen molar-refractivity contribution < 1.29 is 22.7 Å². The summed E-state index contributed by atoms with van der Waals surface area (Å²) in [5.41, 5.74) is 0.652. The number of anilines is 1. The molecule has 8 heteroatoms. The molecule has 0 atom stereocenters. The summed E-state index contributed by atoms with van der Waals surface area (Å²) < 4.78 is 31.6. The predicted octanol–water partition coefficient (Wildman–Crippen LogP) is 2.65. The Morgan fingerprint density at radius 1 is 1.00 bits per heavy atom. The fourth-order valence-corrected chi connectivity index (χ4v) is 4.40. The first kappa shape index (κ1) is 19.1. The van der Waals surface area contributed by atoms with Crippen LogP contribution in [0, 0.1) is 0 Å². The molecule has 1 aliphatic rings. The number of benzene rings is 2. The molecule has 0 radical (unpaired) electrons. The van der Waals surface area contributed by atoms with Crippen LogP contribution in [0.1, 0.15) is 30.1 Å². The van der Waals surface area contributed by atoms with E-state index in [4.69, 9.17) is 4.74 Å². The van der Waals surface area contributed by atoms with Crippen molar-refractivity contribution in [2.75, 3.05) is 18.4 Å². The second-order valence-corrected chi connectivity index (χ2v) is 8.12. The lowest BCUT2D eigenvalue weighted by atomic mass is 10.2. The lowest BCUT2D eigenvalue weighted by Crippen LogP contribution is -2.27. The molecule has 0 unspecified atom stereocenters. The van der Waals surface area contributed by atoms with Crippen molar-refractivity contribution in [1.29, 1.82) is 0 Å². The first-order chi connectivity index (χ1) is 12.9. The minimum atomic E-state index is -3.49. The SMILES string of the molecule is CC(=O)Oc1ccccc1C(=O)Nc1ccc(S(=O)(=O)N2CCCC2)cc1. The maximum Gasteiger partial charge on any atom is 0.308 e. The molecular weight excluding hydrogens is 368 g/mol. The summed E-state index contributed by atoms with van der Waals surface area (Å²) in [6, 6.07) is 12.4. The van der Waals surface area contributed by atoms with Gasteiger partial charge in [-0.15, -0.1) is 0 Å². The molecule has 0 spiro atoms. The minimum Gasteiger partial charge on any atom is -0.426 e. The number of nitrogens with one attached hydrogen (secondary N) is 1. The molecule has 3 rings (SSSR count). The number of hydrogen-bond acceptors (Lipinski definition) is 5. The van der Waals surface area contributed by atoms with Crippen LogP contribution in [0.15, 0.2) is 53.4 Å². The largest absolute Gasteiger partial charge is 0.426 e. The molecule has 1 N–H and O–H groups in total. The number of esters is 1. The van der Waals surface area contributed by atoms with Gasteiger partial charge in [-0.05, 0) is 49.2 Å². The van der Waals surface area contributed by atoms with Gasteiger partial charge in [0.15, 0.2) is 0 Å². The quantitative estimate of drug-likeness (QED) is 0.628. The van der Waals surface area contributed by atoms with Gasteiger partial charge in [0.25, 0.3) is 5.91 Å². The van der Waals surface area contributed by atoms with E-state index >= 15 is 0 Å². The summed E-state index contributed by atoms with van der Waals surface area (Å²) in [7, 11) is -3.49. The third-order valence-corrected chi connectivity index (χ3v) is 6.11. The van der Waals surface area contributed by atoms with Gasteiger partial charge in [0.1, 0.15) is 5.75 Å². The molecule has 1 amide bonds. The maximum absolute atomic E-state index is 12.5. The van der Waals surface area contributed by atoms with Crippen LogP contribution in [0.5, 0.6) is 5.75 Å². The molecule has 2 aromatic carbocycles. The number of hydrogen-bond donors (Lipinski definition) is 1. The fraction of sp³-hybridized carbons (Fsp3) is 0.263. The normalized spacial score (nSPS) is 14.7. The van der Waals surface area contributed by atoms with E-state index in [2.05, 4.69) is 5.32 Å². The van der Waals surface area contributed by atoms with Crippen LogP contribution in [0.3, 0.4) is 0 Å². The number of para-hydroxylation sites is 1. The summed E-state index contributed by atoms with van der Waals surface area (Å²) in [6.07, 6.45) is 1.74. The van der Waals surface area contributed by atoms with E-state index in [1.165, 1.54) is 41.6 Å². The van der Waals surface area contributed by atoms with Crippen LogP contribution in [0.25, 0.3) is 0 Å². The summed E-state index contributed by atoms with van der Waals surface area (Å²) in [5.74, 6) is -0.815. The van der Waals surface area contributed by atoms with Crippen molar-refractivity contribution in [3.8, 4) is 5.75 Å². The molecule has 1 fully saturated rings. The van der Waals surface area contributed by atoms with Crippen LogP contribution in [0.2, 0.25) is 0 Å². The molecule has 1 saturated heterocycles. The molecule has 1 heterocycles. The molecular formula is C19H20N2O5S. The van der Waals surface area contributed by atoms with E-state index in [0.29, 0.717) is 18.8 Å². The highest BCUT2D eigenvalue weighted by molar-refractivity contribution is 7.89. The lowest BCUT2D eigenvalue weighted by molar-refractivity contribution is -0.131. The van der Waals surface area contributed by atoms with Crippen molar-refractivity contribution in [2.45, 2.75) is 24.7 Å². The molecule has 142 valence electrons. The lowest BCUT2D eigenvalue weighted by Gasteiger charge is -2.15. The Morgan fingerprint density at radius 2 is 1.63 bits per heavy atom. The minimum absolute atomic E-state index is 0.163. The first-order valence-corrected chi connectivity index (χ1v) is 10.0. The van der Waals surface area contributed by atoms with Crippen molar-refractivity contribution >= 4 is 27.6 Å². The molecule has 0 aliphatic carbocycles. The first-order valence-electron chi connectivity index (χ1n) is 8.57. The van der Waals surface area contributed by atoms with Gasteiger partial charge in [0.05, 0.1) is 10.5 Å². The van der Waals surface area contributed by atoms with Gasteiger partial charge in [-0.3, -0.25) is 9.59 Å². The van der Waals surface area contributed by atoms with Crippen LogP contribution >= 0.6 is 0 Å². The number of carbonyl (C=O) groups is 2. The standard InChI is InChI=1S/C19H20N2O5S/c1-14(22)26-18-7-3-2-6-17(18)19(23)20-15-8-10-16(11-9-15)27(24,25)21-12-4-5-13-21/h2-3,6-11H,4-5,12-13H2,1H3,(H,20,23). The monoisotopic (exact) mass is 388 g/mol. The highest BCUT2D eigenvalue weighted by Gasteiger charge is 2.27. The number of nitrogens with zero attached hydrogens (tertiary/aromatic N) is 1. The van der Waals surface area contributed by atoms with Crippen molar-refractivity contribution in [2.24, 2.45) is 0 Å². The number of ether oxygens (including phenoxy) is 1. The van der Waals surface area contributed by atoms with E-state index in [0.717, 1.165) is 12.8 Å². The van der Waals surface area contributed by atoms with Gasteiger partial charge in [-0.25, -0.2) is 8.42 Å². The van der Waals surface area contributed by atoms with Gasteiger partial charge in [0.2, 0.25) is 10.0 Å². The zero-order valence-electron chi connectivity index (χ0n) is 14.8. The van der Waals surface area contributed by atoms with Crippen LogP contribution < -0.4 is 10.1 Å². The van der Waals surface area contributed by atoms with Gasteiger partial charge in [-0.2, -0.15) is 4.31 Å². The Labute approximate surface area is 158 Å². The Balaban J connectivity index is 1.75. The van der Waals surface area contributed by atoms with Gasteiger partial charge in [-0.1, -0.05) is 12.1 Å². The number of sulfonamides is 1. The smallest absolute Gasteiger partial charge is 0.308 e. The second kappa shape index (κ2) is 7.89. The fourth-order valence-electron chi connectivity index (χ4n) is 2.88. The summed E-state index contributed by atoms with van der Waals surface area (Å²) in [6.45, 7) is 2.33. The van der Waals surface area contributed by atoms with Crippen LogP contribution in [0.4, 0.5) is 5.69 Å². The van der Waals surface area contributed by atoms with Gasteiger partial charge >= 0.3 is 5.97 Å². The zero-order valence-corrected chi connectivity index (χ0v) is 15.7.